The zero-order valence-electron chi connectivity index (χ0n) is 12.1. The first-order chi connectivity index (χ1) is 10.6. The van der Waals surface area contributed by atoms with Gasteiger partial charge in [0, 0.05) is 0 Å². The maximum absolute atomic E-state index is 12.1. The lowest BCUT2D eigenvalue weighted by Crippen LogP contribution is -2.39. The number of carbonyl (C=O) groups excluding carboxylic acids is 1. The van der Waals surface area contributed by atoms with Crippen molar-refractivity contribution >= 4 is 23.3 Å². The summed E-state index contributed by atoms with van der Waals surface area (Å²) < 4.78 is 16.5. The third kappa shape index (κ3) is 3.23. The van der Waals surface area contributed by atoms with Crippen LogP contribution < -0.4 is 20.5 Å². The summed E-state index contributed by atoms with van der Waals surface area (Å²) in [5, 5.41) is 3.64. The van der Waals surface area contributed by atoms with Crippen molar-refractivity contribution in [2.24, 2.45) is 5.92 Å². The van der Waals surface area contributed by atoms with Crippen molar-refractivity contribution in [3.05, 3.63) is 17.2 Å². The molecular formula is C15H19ClN2O4. The Morgan fingerprint density at radius 1 is 1.41 bits per heavy atom. The molecule has 1 aromatic rings. The molecule has 3 N–H and O–H groups in total. The van der Waals surface area contributed by atoms with E-state index >= 15 is 0 Å². The van der Waals surface area contributed by atoms with E-state index in [0.717, 1.165) is 25.9 Å². The average molecular weight is 327 g/mol. The van der Waals surface area contributed by atoms with Crippen molar-refractivity contribution in [2.45, 2.75) is 18.9 Å². The molecule has 0 aromatic heterocycles. The smallest absolute Gasteiger partial charge is 0.350 e. The van der Waals surface area contributed by atoms with Gasteiger partial charge in [-0.3, -0.25) is 0 Å². The topological polar surface area (TPSA) is 82.8 Å². The number of esters is 1. The molecule has 0 saturated carbocycles. The molecule has 1 saturated heterocycles. The number of nitrogen functional groups attached to an aromatic ring is 1. The van der Waals surface area contributed by atoms with Crippen LogP contribution >= 0.6 is 11.6 Å². The van der Waals surface area contributed by atoms with Crippen LogP contribution in [0.25, 0.3) is 0 Å². The second kappa shape index (κ2) is 6.62. The molecule has 0 bridgehead atoms. The average Bonchev–Trinajstić information content (AvgIpc) is 2.57. The van der Waals surface area contributed by atoms with Crippen LogP contribution in [0.1, 0.15) is 12.8 Å². The quantitative estimate of drug-likeness (QED) is 0.648. The molecule has 1 fully saturated rings. The van der Waals surface area contributed by atoms with Crippen LogP contribution in [0.3, 0.4) is 0 Å². The summed E-state index contributed by atoms with van der Waals surface area (Å²) in [6.45, 7) is 2.46. The number of benzene rings is 1. The molecule has 6 nitrogen and oxygen atoms in total. The van der Waals surface area contributed by atoms with Gasteiger partial charge in [-0.1, -0.05) is 11.6 Å². The highest BCUT2D eigenvalue weighted by atomic mass is 35.5. The first-order valence-corrected chi connectivity index (χ1v) is 7.77. The third-order valence-electron chi connectivity index (χ3n) is 3.94. The zero-order chi connectivity index (χ0) is 15.5. The van der Waals surface area contributed by atoms with Crippen LogP contribution in [0.4, 0.5) is 5.69 Å². The highest BCUT2D eigenvalue weighted by Crippen LogP contribution is 2.41. The minimum atomic E-state index is -0.810. The van der Waals surface area contributed by atoms with Crippen molar-refractivity contribution in [1.82, 2.24) is 5.32 Å². The van der Waals surface area contributed by atoms with E-state index in [1.807, 2.05) is 0 Å². The highest BCUT2D eigenvalue weighted by molar-refractivity contribution is 6.33. The number of ether oxygens (including phenoxy) is 3. The summed E-state index contributed by atoms with van der Waals surface area (Å²) in [4.78, 5) is 12.1. The maximum atomic E-state index is 12.1. The molecule has 120 valence electrons. The predicted octanol–water partition coefficient (Wildman–Crippen LogP) is 1.60. The summed E-state index contributed by atoms with van der Waals surface area (Å²) >= 11 is 5.95. The van der Waals surface area contributed by atoms with Gasteiger partial charge in [0.1, 0.15) is 6.61 Å². The lowest BCUT2D eigenvalue weighted by Gasteiger charge is -2.27. The number of hydrogen-bond donors (Lipinski definition) is 2. The lowest BCUT2D eigenvalue weighted by molar-refractivity contribution is -0.156. The number of hydrogen-bond acceptors (Lipinski definition) is 6. The Bertz CT molecular complexity index is 561. The lowest BCUT2D eigenvalue weighted by atomic mass is 9.99. The largest absolute Gasteiger partial charge is 0.485 e. The van der Waals surface area contributed by atoms with Gasteiger partial charge in [-0.05, 0) is 44.0 Å². The molecule has 2 aliphatic rings. The Morgan fingerprint density at radius 3 is 2.95 bits per heavy atom. The second-order valence-corrected chi connectivity index (χ2v) is 5.94. The summed E-state index contributed by atoms with van der Waals surface area (Å²) in [5.41, 5.74) is 6.13. The zero-order valence-corrected chi connectivity index (χ0v) is 12.9. The Morgan fingerprint density at radius 2 is 2.18 bits per heavy atom. The third-order valence-corrected chi connectivity index (χ3v) is 4.27. The molecule has 0 radical (unpaired) electrons. The summed E-state index contributed by atoms with van der Waals surface area (Å²) in [6.07, 6.45) is 1.22. The van der Waals surface area contributed by atoms with Crippen LogP contribution in [0.15, 0.2) is 12.1 Å². The summed E-state index contributed by atoms with van der Waals surface area (Å²) in [6, 6.07) is 3.31. The molecule has 0 aliphatic carbocycles. The number of halogens is 1. The van der Waals surface area contributed by atoms with Crippen LogP contribution in [0.2, 0.25) is 5.02 Å². The SMILES string of the molecule is Nc1c(Cl)ccc2c1OC(C(=O)OCC1CCNCC1)CO2. The first kappa shape index (κ1) is 15.2. The number of nitrogens with one attached hydrogen (secondary N) is 1. The highest BCUT2D eigenvalue weighted by Gasteiger charge is 2.31. The van der Waals surface area contributed by atoms with E-state index in [2.05, 4.69) is 5.32 Å². The van der Waals surface area contributed by atoms with Gasteiger partial charge in [-0.2, -0.15) is 0 Å². The van der Waals surface area contributed by atoms with E-state index in [1.54, 1.807) is 12.1 Å². The Labute approximate surface area is 133 Å². The molecule has 7 heteroatoms. The van der Waals surface area contributed by atoms with E-state index < -0.39 is 12.1 Å². The minimum Gasteiger partial charge on any atom is -0.485 e. The van der Waals surface area contributed by atoms with Gasteiger partial charge < -0.3 is 25.3 Å². The molecule has 22 heavy (non-hydrogen) atoms. The van der Waals surface area contributed by atoms with E-state index in [4.69, 9.17) is 31.5 Å². The molecular weight excluding hydrogens is 308 g/mol. The number of nitrogens with two attached hydrogens (primary N) is 1. The van der Waals surface area contributed by atoms with Crippen molar-refractivity contribution in [3.8, 4) is 11.5 Å². The summed E-state index contributed by atoms with van der Waals surface area (Å²) in [5.74, 6) is 0.775. The van der Waals surface area contributed by atoms with E-state index in [0.29, 0.717) is 29.0 Å². The van der Waals surface area contributed by atoms with Crippen molar-refractivity contribution in [2.75, 3.05) is 32.0 Å². The fourth-order valence-electron chi connectivity index (χ4n) is 2.59. The first-order valence-electron chi connectivity index (χ1n) is 7.40. The number of piperidine rings is 1. The molecule has 2 heterocycles. The maximum Gasteiger partial charge on any atom is 0.350 e. The molecule has 1 atom stereocenters. The number of anilines is 1. The van der Waals surface area contributed by atoms with Crippen molar-refractivity contribution in [1.29, 1.82) is 0 Å². The molecule has 2 aliphatic heterocycles. The Hall–Kier alpha value is -1.66. The van der Waals surface area contributed by atoms with Crippen LogP contribution in [-0.2, 0) is 9.53 Å². The van der Waals surface area contributed by atoms with Gasteiger partial charge in [0.05, 0.1) is 17.3 Å². The van der Waals surface area contributed by atoms with Crippen LogP contribution in [0, 0.1) is 5.92 Å². The number of rotatable bonds is 3. The number of fused-ring (bicyclic) bond motifs is 1. The van der Waals surface area contributed by atoms with Crippen LogP contribution in [-0.4, -0.2) is 38.4 Å². The van der Waals surface area contributed by atoms with Gasteiger partial charge in [-0.25, -0.2) is 4.79 Å². The minimum absolute atomic E-state index is 0.110. The van der Waals surface area contributed by atoms with Crippen molar-refractivity contribution in [3.63, 3.8) is 0 Å². The van der Waals surface area contributed by atoms with E-state index in [1.165, 1.54) is 0 Å². The molecule has 0 amide bonds. The molecule has 1 unspecified atom stereocenters. The fraction of sp³-hybridized carbons (Fsp3) is 0.533. The Balaban J connectivity index is 1.59. The van der Waals surface area contributed by atoms with Gasteiger partial charge in [0.15, 0.2) is 11.5 Å². The van der Waals surface area contributed by atoms with Gasteiger partial charge in [0.2, 0.25) is 6.10 Å². The standard InChI is InChI=1S/C15H19ClN2O4/c16-10-1-2-11-14(13(10)17)22-12(8-20-11)15(19)21-7-9-3-5-18-6-4-9/h1-2,9,12,18H,3-8,17H2. The van der Waals surface area contributed by atoms with Crippen LogP contribution in [0.5, 0.6) is 11.5 Å². The molecule has 0 spiro atoms. The number of carbonyl (C=O) groups is 1. The fourth-order valence-corrected chi connectivity index (χ4v) is 2.74. The van der Waals surface area contributed by atoms with Gasteiger partial charge in [0.25, 0.3) is 0 Å². The van der Waals surface area contributed by atoms with E-state index in [9.17, 15) is 4.79 Å². The second-order valence-electron chi connectivity index (χ2n) is 5.53. The summed E-state index contributed by atoms with van der Waals surface area (Å²) in [7, 11) is 0. The molecule has 3 rings (SSSR count). The van der Waals surface area contributed by atoms with Crippen molar-refractivity contribution < 1.29 is 19.0 Å². The van der Waals surface area contributed by atoms with Gasteiger partial charge >= 0.3 is 5.97 Å². The van der Waals surface area contributed by atoms with Gasteiger partial charge in [-0.15, -0.1) is 0 Å². The Kier molecular flexibility index (Phi) is 4.59. The van der Waals surface area contributed by atoms with E-state index in [-0.39, 0.29) is 12.3 Å². The predicted molar refractivity (Wildman–Crippen MR) is 82.3 cm³/mol. The normalized spacial score (nSPS) is 21.4. The molecule has 1 aromatic carbocycles. The monoisotopic (exact) mass is 326 g/mol.